The number of hydrogen-bond acceptors (Lipinski definition) is 3. The minimum Gasteiger partial charge on any atom is -0.392 e. The maximum atomic E-state index is 14.2. The van der Waals surface area contributed by atoms with Crippen molar-refractivity contribution >= 4 is 0 Å². The van der Waals surface area contributed by atoms with Crippen LogP contribution in [0.5, 0.6) is 0 Å². The fourth-order valence-corrected chi connectivity index (χ4v) is 4.19. The highest BCUT2D eigenvalue weighted by Gasteiger charge is 2.34. The van der Waals surface area contributed by atoms with Gasteiger partial charge in [-0.1, -0.05) is 12.8 Å². The Hall–Kier alpha value is -1.79. The second-order valence-corrected chi connectivity index (χ2v) is 7.23. The molecule has 1 saturated heterocycles. The predicted molar refractivity (Wildman–Crippen MR) is 89.9 cm³/mol. The topological polar surface area (TPSA) is 41.3 Å². The Morgan fingerprint density at radius 2 is 1.96 bits per heavy atom. The second kappa shape index (κ2) is 6.84. The van der Waals surface area contributed by atoms with Crippen LogP contribution in [-0.4, -0.2) is 32.4 Å². The molecule has 134 valence electrons. The van der Waals surface area contributed by atoms with E-state index in [2.05, 4.69) is 5.10 Å². The lowest BCUT2D eigenvalue weighted by Crippen LogP contribution is -2.25. The zero-order valence-corrected chi connectivity index (χ0v) is 14.1. The van der Waals surface area contributed by atoms with Gasteiger partial charge in [-0.05, 0) is 43.5 Å². The number of likely N-dealkylation sites (tertiary alicyclic amines) is 1. The van der Waals surface area contributed by atoms with Crippen LogP contribution in [0.4, 0.5) is 8.78 Å². The lowest BCUT2D eigenvalue weighted by atomic mass is 10.0. The van der Waals surface area contributed by atoms with Crippen molar-refractivity contribution in [3.63, 3.8) is 0 Å². The molecule has 0 radical (unpaired) electrons. The summed E-state index contributed by atoms with van der Waals surface area (Å²) in [6.45, 7) is 0.967. The quantitative estimate of drug-likeness (QED) is 0.919. The van der Waals surface area contributed by atoms with Crippen LogP contribution in [0.3, 0.4) is 0 Å². The molecular formula is C19H23F2N3O. The summed E-state index contributed by atoms with van der Waals surface area (Å²) in [6.07, 6.45) is 6.71. The molecule has 2 aromatic rings. The molecule has 1 aromatic heterocycles. The summed E-state index contributed by atoms with van der Waals surface area (Å²) >= 11 is 0. The Morgan fingerprint density at radius 1 is 1.16 bits per heavy atom. The van der Waals surface area contributed by atoms with E-state index in [9.17, 15) is 13.9 Å². The van der Waals surface area contributed by atoms with Crippen LogP contribution in [0.15, 0.2) is 30.5 Å². The van der Waals surface area contributed by atoms with Crippen LogP contribution in [0.2, 0.25) is 0 Å². The molecule has 1 saturated carbocycles. The third-order valence-corrected chi connectivity index (χ3v) is 5.43. The summed E-state index contributed by atoms with van der Waals surface area (Å²) in [6, 6.07) is 5.65. The summed E-state index contributed by atoms with van der Waals surface area (Å²) in [5.74, 6) is -0.884. The molecule has 2 atom stereocenters. The standard InChI is InChI=1S/C19H23F2N3O/c20-13-5-6-18(21)17(9-13)19-10-16(25)12-23(19)11-14-7-8-24(22-14)15-3-1-2-4-15/h5-9,15-16,19,25H,1-4,10-12H2/t16-,19-/m0/s1. The van der Waals surface area contributed by atoms with Crippen molar-refractivity contribution in [1.29, 1.82) is 0 Å². The minimum atomic E-state index is -0.537. The number of aliphatic hydroxyl groups excluding tert-OH is 1. The Balaban J connectivity index is 1.53. The molecule has 6 heteroatoms. The van der Waals surface area contributed by atoms with Crippen LogP contribution in [-0.2, 0) is 6.54 Å². The Kier molecular flexibility index (Phi) is 4.56. The Bertz CT molecular complexity index is 742. The van der Waals surface area contributed by atoms with E-state index in [1.165, 1.54) is 31.7 Å². The number of halogens is 2. The van der Waals surface area contributed by atoms with Crippen molar-refractivity contribution in [3.05, 3.63) is 53.4 Å². The van der Waals surface area contributed by atoms with Gasteiger partial charge in [0.2, 0.25) is 0 Å². The number of aliphatic hydroxyl groups is 1. The van der Waals surface area contributed by atoms with E-state index in [-0.39, 0.29) is 6.04 Å². The number of aromatic nitrogens is 2. The molecule has 0 spiro atoms. The molecule has 0 bridgehead atoms. The van der Waals surface area contributed by atoms with Gasteiger partial charge in [-0.15, -0.1) is 0 Å². The Morgan fingerprint density at radius 3 is 2.76 bits per heavy atom. The zero-order chi connectivity index (χ0) is 17.4. The van der Waals surface area contributed by atoms with E-state index < -0.39 is 17.7 Å². The molecule has 4 nitrogen and oxygen atoms in total. The minimum absolute atomic E-state index is 0.312. The number of nitrogens with zero attached hydrogens (tertiary/aromatic N) is 3. The molecule has 1 aliphatic heterocycles. The van der Waals surface area contributed by atoms with Gasteiger partial charge in [0, 0.05) is 30.9 Å². The van der Waals surface area contributed by atoms with Crippen molar-refractivity contribution in [2.45, 2.75) is 56.8 Å². The monoisotopic (exact) mass is 347 g/mol. The van der Waals surface area contributed by atoms with Crippen molar-refractivity contribution in [1.82, 2.24) is 14.7 Å². The first-order chi connectivity index (χ1) is 12.1. The lowest BCUT2D eigenvalue weighted by molar-refractivity contribution is 0.171. The molecular weight excluding hydrogens is 324 g/mol. The average molecular weight is 347 g/mol. The largest absolute Gasteiger partial charge is 0.392 e. The van der Waals surface area contributed by atoms with Crippen LogP contribution < -0.4 is 0 Å². The van der Waals surface area contributed by atoms with Gasteiger partial charge < -0.3 is 5.11 Å². The van der Waals surface area contributed by atoms with Crippen molar-refractivity contribution in [2.75, 3.05) is 6.54 Å². The van der Waals surface area contributed by atoms with Gasteiger partial charge in [-0.3, -0.25) is 9.58 Å². The van der Waals surface area contributed by atoms with E-state index in [0.717, 1.165) is 17.8 Å². The van der Waals surface area contributed by atoms with E-state index in [4.69, 9.17) is 0 Å². The van der Waals surface area contributed by atoms with Crippen LogP contribution in [0.25, 0.3) is 0 Å². The van der Waals surface area contributed by atoms with Gasteiger partial charge in [0.05, 0.1) is 17.8 Å². The highest BCUT2D eigenvalue weighted by molar-refractivity contribution is 5.24. The smallest absolute Gasteiger partial charge is 0.128 e. The van der Waals surface area contributed by atoms with Gasteiger partial charge in [0.25, 0.3) is 0 Å². The summed E-state index contributed by atoms with van der Waals surface area (Å²) in [5.41, 5.74) is 1.22. The zero-order valence-electron chi connectivity index (χ0n) is 14.1. The number of benzene rings is 1. The first kappa shape index (κ1) is 16.7. The maximum Gasteiger partial charge on any atom is 0.128 e. The summed E-state index contributed by atoms with van der Waals surface area (Å²) in [4.78, 5) is 1.99. The molecule has 1 aliphatic carbocycles. The highest BCUT2D eigenvalue weighted by Crippen LogP contribution is 2.35. The van der Waals surface area contributed by atoms with E-state index in [0.29, 0.717) is 31.1 Å². The molecule has 0 amide bonds. The molecule has 1 aromatic carbocycles. The fraction of sp³-hybridized carbons (Fsp3) is 0.526. The number of hydrogen-bond donors (Lipinski definition) is 1. The molecule has 1 N–H and O–H groups in total. The van der Waals surface area contributed by atoms with E-state index >= 15 is 0 Å². The van der Waals surface area contributed by atoms with E-state index in [1.54, 1.807) is 0 Å². The Labute approximate surface area is 146 Å². The van der Waals surface area contributed by atoms with Crippen LogP contribution in [0.1, 0.15) is 55.4 Å². The van der Waals surface area contributed by atoms with Crippen molar-refractivity contribution < 1.29 is 13.9 Å². The van der Waals surface area contributed by atoms with Crippen molar-refractivity contribution in [3.8, 4) is 0 Å². The molecule has 2 fully saturated rings. The second-order valence-electron chi connectivity index (χ2n) is 7.23. The first-order valence-electron chi connectivity index (χ1n) is 9.01. The lowest BCUT2D eigenvalue weighted by Gasteiger charge is -2.24. The fourth-order valence-electron chi connectivity index (χ4n) is 4.19. The molecule has 2 aliphatic rings. The first-order valence-corrected chi connectivity index (χ1v) is 9.01. The summed E-state index contributed by atoms with van der Waals surface area (Å²) < 4.78 is 29.8. The van der Waals surface area contributed by atoms with E-state index in [1.807, 2.05) is 21.8 Å². The SMILES string of the molecule is O[C@H]1C[C@@H](c2cc(F)ccc2F)N(Cc2ccn(C3CCCC3)n2)C1. The molecule has 25 heavy (non-hydrogen) atoms. The maximum absolute atomic E-state index is 14.2. The third-order valence-electron chi connectivity index (χ3n) is 5.43. The van der Waals surface area contributed by atoms with Crippen LogP contribution in [0, 0.1) is 11.6 Å². The number of β-amino-alcohol motifs (C(OH)–C–C–N with tert-alkyl or cyclic N) is 1. The summed E-state index contributed by atoms with van der Waals surface area (Å²) in [7, 11) is 0. The van der Waals surface area contributed by atoms with Gasteiger partial charge in [-0.25, -0.2) is 8.78 Å². The molecule has 2 heterocycles. The normalized spacial score (nSPS) is 25.1. The van der Waals surface area contributed by atoms with Gasteiger partial charge in [-0.2, -0.15) is 5.10 Å². The van der Waals surface area contributed by atoms with Gasteiger partial charge >= 0.3 is 0 Å². The average Bonchev–Trinajstić information content (AvgIpc) is 3.30. The van der Waals surface area contributed by atoms with Crippen LogP contribution >= 0.6 is 0 Å². The molecule has 4 rings (SSSR count). The van der Waals surface area contributed by atoms with Crippen molar-refractivity contribution in [2.24, 2.45) is 0 Å². The number of rotatable bonds is 4. The predicted octanol–water partition coefficient (Wildman–Crippen LogP) is 3.58. The van der Waals surface area contributed by atoms with Gasteiger partial charge in [0.1, 0.15) is 11.6 Å². The third kappa shape index (κ3) is 3.46. The summed E-state index contributed by atoms with van der Waals surface area (Å²) in [5, 5.41) is 14.7. The van der Waals surface area contributed by atoms with Gasteiger partial charge in [0.15, 0.2) is 0 Å². The molecule has 0 unspecified atom stereocenters. The highest BCUT2D eigenvalue weighted by atomic mass is 19.1.